The number of nitrogens with one attached hydrogen (secondary N) is 1. The molecule has 2 heterocycles. The minimum atomic E-state index is 0.221. The Kier molecular flexibility index (Phi) is 5.12. The Morgan fingerprint density at radius 2 is 2.05 bits per heavy atom. The minimum absolute atomic E-state index is 0.221. The molecule has 2 aromatic heterocycles. The summed E-state index contributed by atoms with van der Waals surface area (Å²) in [6.45, 7) is 10.4. The zero-order chi connectivity index (χ0) is 15.4. The number of hydrogen-bond donors (Lipinski definition) is 1. The molecule has 6 heteroatoms. The van der Waals surface area contributed by atoms with Crippen LogP contribution in [-0.2, 0) is 20.0 Å². The van der Waals surface area contributed by atoms with Crippen LogP contribution in [0.1, 0.15) is 43.9 Å². The fourth-order valence-corrected chi connectivity index (χ4v) is 2.52. The highest BCUT2D eigenvalue weighted by Gasteiger charge is 2.19. The highest BCUT2D eigenvalue weighted by atomic mass is 15.3. The molecule has 0 saturated heterocycles. The summed E-state index contributed by atoms with van der Waals surface area (Å²) >= 11 is 0. The van der Waals surface area contributed by atoms with Crippen molar-refractivity contribution < 1.29 is 0 Å². The molecular formula is C15H26N6. The lowest BCUT2D eigenvalue weighted by atomic mass is 10.0. The van der Waals surface area contributed by atoms with Crippen LogP contribution in [0.5, 0.6) is 0 Å². The van der Waals surface area contributed by atoms with Crippen LogP contribution in [-0.4, -0.2) is 31.1 Å². The van der Waals surface area contributed by atoms with Crippen LogP contribution in [0.2, 0.25) is 0 Å². The van der Waals surface area contributed by atoms with Gasteiger partial charge in [-0.15, -0.1) is 0 Å². The predicted molar refractivity (Wildman–Crippen MR) is 82.9 cm³/mol. The molecule has 0 bridgehead atoms. The minimum Gasteiger partial charge on any atom is -0.310 e. The van der Waals surface area contributed by atoms with E-state index in [9.17, 15) is 0 Å². The molecule has 21 heavy (non-hydrogen) atoms. The summed E-state index contributed by atoms with van der Waals surface area (Å²) in [4.78, 5) is 4.44. The molecule has 1 N–H and O–H groups in total. The van der Waals surface area contributed by atoms with Crippen molar-refractivity contribution in [1.82, 2.24) is 29.9 Å². The van der Waals surface area contributed by atoms with Crippen LogP contribution in [0.25, 0.3) is 0 Å². The van der Waals surface area contributed by atoms with Crippen molar-refractivity contribution in [3.8, 4) is 0 Å². The van der Waals surface area contributed by atoms with E-state index in [0.717, 1.165) is 25.3 Å². The van der Waals surface area contributed by atoms with Crippen molar-refractivity contribution in [3.05, 3.63) is 29.6 Å². The van der Waals surface area contributed by atoms with E-state index in [4.69, 9.17) is 0 Å². The molecule has 116 valence electrons. The fourth-order valence-electron chi connectivity index (χ4n) is 2.52. The molecule has 0 radical (unpaired) electrons. The molecular weight excluding hydrogens is 264 g/mol. The lowest BCUT2D eigenvalue weighted by Crippen LogP contribution is -2.25. The molecule has 0 aliphatic carbocycles. The summed E-state index contributed by atoms with van der Waals surface area (Å²) in [5, 5.41) is 12.2. The van der Waals surface area contributed by atoms with Gasteiger partial charge in [-0.1, -0.05) is 20.8 Å². The third kappa shape index (κ3) is 3.69. The summed E-state index contributed by atoms with van der Waals surface area (Å²) in [5.41, 5.74) is 2.43. The van der Waals surface area contributed by atoms with E-state index in [-0.39, 0.29) is 6.04 Å². The van der Waals surface area contributed by atoms with Crippen LogP contribution in [0.4, 0.5) is 0 Å². The number of aryl methyl sites for hydroxylation is 1. The monoisotopic (exact) mass is 290 g/mol. The van der Waals surface area contributed by atoms with Crippen molar-refractivity contribution in [2.75, 3.05) is 6.54 Å². The summed E-state index contributed by atoms with van der Waals surface area (Å²) < 4.78 is 3.93. The van der Waals surface area contributed by atoms with Gasteiger partial charge in [-0.3, -0.25) is 4.68 Å². The highest BCUT2D eigenvalue weighted by molar-refractivity contribution is 5.21. The molecule has 1 atom stereocenters. The Bertz CT molecular complexity index is 568. The SMILES string of the molecule is CCNC(Cc1ncnn1CC(C)C)c1cnn(C)c1C. The van der Waals surface area contributed by atoms with Gasteiger partial charge in [-0.2, -0.15) is 10.2 Å². The van der Waals surface area contributed by atoms with Crippen LogP contribution < -0.4 is 5.32 Å². The quantitative estimate of drug-likeness (QED) is 0.845. The molecule has 2 rings (SSSR count). The molecule has 0 aromatic carbocycles. The molecule has 2 aromatic rings. The van der Waals surface area contributed by atoms with E-state index in [1.54, 1.807) is 6.33 Å². The summed E-state index contributed by atoms with van der Waals surface area (Å²) in [5.74, 6) is 1.58. The maximum atomic E-state index is 4.44. The molecule has 0 aliphatic heterocycles. The number of likely N-dealkylation sites (N-methyl/N-ethyl adjacent to an activating group) is 1. The van der Waals surface area contributed by atoms with Gasteiger partial charge < -0.3 is 5.32 Å². The van der Waals surface area contributed by atoms with Gasteiger partial charge >= 0.3 is 0 Å². The van der Waals surface area contributed by atoms with E-state index in [1.807, 2.05) is 22.6 Å². The number of hydrogen-bond acceptors (Lipinski definition) is 4. The number of nitrogens with zero attached hydrogens (tertiary/aromatic N) is 5. The summed E-state index contributed by atoms with van der Waals surface area (Å²) in [6.07, 6.45) is 4.43. The summed E-state index contributed by atoms with van der Waals surface area (Å²) in [6, 6.07) is 0.221. The average Bonchev–Trinajstić information content (AvgIpc) is 2.97. The molecule has 0 fully saturated rings. The Labute approximate surface area is 126 Å². The summed E-state index contributed by atoms with van der Waals surface area (Å²) in [7, 11) is 1.98. The lowest BCUT2D eigenvalue weighted by Gasteiger charge is -2.18. The van der Waals surface area contributed by atoms with E-state index >= 15 is 0 Å². The van der Waals surface area contributed by atoms with E-state index in [1.165, 1.54) is 11.3 Å². The van der Waals surface area contributed by atoms with E-state index < -0.39 is 0 Å². The zero-order valence-corrected chi connectivity index (χ0v) is 13.7. The van der Waals surface area contributed by atoms with E-state index in [0.29, 0.717) is 5.92 Å². The third-order valence-electron chi connectivity index (χ3n) is 3.72. The molecule has 6 nitrogen and oxygen atoms in total. The Hall–Kier alpha value is -1.69. The molecule has 1 unspecified atom stereocenters. The van der Waals surface area contributed by atoms with Gasteiger partial charge in [0.05, 0.1) is 6.20 Å². The first-order valence-corrected chi connectivity index (χ1v) is 7.61. The Morgan fingerprint density at radius 3 is 2.62 bits per heavy atom. The largest absolute Gasteiger partial charge is 0.310 e. The van der Waals surface area contributed by atoms with Crippen molar-refractivity contribution in [3.63, 3.8) is 0 Å². The third-order valence-corrected chi connectivity index (χ3v) is 3.72. The predicted octanol–water partition coefficient (Wildman–Crippen LogP) is 1.87. The maximum Gasteiger partial charge on any atom is 0.138 e. The first kappa shape index (κ1) is 15.7. The molecule has 0 saturated carbocycles. The van der Waals surface area contributed by atoms with Crippen LogP contribution in [0.15, 0.2) is 12.5 Å². The zero-order valence-electron chi connectivity index (χ0n) is 13.7. The first-order valence-electron chi connectivity index (χ1n) is 7.61. The normalized spacial score (nSPS) is 13.0. The van der Waals surface area contributed by atoms with Crippen molar-refractivity contribution in [2.24, 2.45) is 13.0 Å². The first-order chi connectivity index (χ1) is 10.0. The standard InChI is InChI=1S/C15H26N6/c1-6-16-14(13-8-18-20(5)12(13)4)7-15-17-10-19-21(15)9-11(2)3/h8,10-11,14,16H,6-7,9H2,1-5H3. The molecule has 0 aliphatic rings. The maximum absolute atomic E-state index is 4.44. The Balaban J connectivity index is 2.21. The second-order valence-corrected chi connectivity index (χ2v) is 5.88. The van der Waals surface area contributed by atoms with Gasteiger partial charge in [0.2, 0.25) is 0 Å². The number of aromatic nitrogens is 5. The van der Waals surface area contributed by atoms with Crippen LogP contribution in [0.3, 0.4) is 0 Å². The molecule has 0 spiro atoms. The fraction of sp³-hybridized carbons (Fsp3) is 0.667. The van der Waals surface area contributed by atoms with Gasteiger partial charge in [-0.05, 0) is 19.4 Å². The smallest absolute Gasteiger partial charge is 0.138 e. The molecule has 0 amide bonds. The second kappa shape index (κ2) is 6.85. The van der Waals surface area contributed by atoms with Gasteiger partial charge in [0.15, 0.2) is 0 Å². The van der Waals surface area contributed by atoms with Crippen molar-refractivity contribution in [1.29, 1.82) is 0 Å². The van der Waals surface area contributed by atoms with E-state index in [2.05, 4.69) is 48.2 Å². The van der Waals surface area contributed by atoms with Crippen molar-refractivity contribution in [2.45, 2.75) is 46.7 Å². The number of rotatable bonds is 7. The highest BCUT2D eigenvalue weighted by Crippen LogP contribution is 2.20. The van der Waals surface area contributed by atoms with Gasteiger partial charge in [-0.25, -0.2) is 9.67 Å². The second-order valence-electron chi connectivity index (χ2n) is 5.88. The Morgan fingerprint density at radius 1 is 1.29 bits per heavy atom. The average molecular weight is 290 g/mol. The van der Waals surface area contributed by atoms with Gasteiger partial charge in [0, 0.05) is 37.3 Å². The van der Waals surface area contributed by atoms with Crippen LogP contribution in [0, 0.1) is 12.8 Å². The lowest BCUT2D eigenvalue weighted by molar-refractivity contribution is 0.446. The van der Waals surface area contributed by atoms with Gasteiger partial charge in [0.1, 0.15) is 12.2 Å². The van der Waals surface area contributed by atoms with Crippen LogP contribution >= 0.6 is 0 Å². The topological polar surface area (TPSA) is 60.6 Å². The van der Waals surface area contributed by atoms with Gasteiger partial charge in [0.25, 0.3) is 0 Å². The van der Waals surface area contributed by atoms with Crippen molar-refractivity contribution >= 4 is 0 Å².